The second kappa shape index (κ2) is 6.99. The van der Waals surface area contributed by atoms with Crippen molar-refractivity contribution in [2.75, 3.05) is 7.05 Å². The normalized spacial score (nSPS) is 11.6. The molecule has 3 aromatic rings. The van der Waals surface area contributed by atoms with Gasteiger partial charge in [0, 0.05) is 19.2 Å². The Morgan fingerprint density at radius 3 is 1.96 bits per heavy atom. The Labute approximate surface area is 143 Å². The first-order valence-electron chi connectivity index (χ1n) is 7.74. The molecule has 4 heteroatoms. The van der Waals surface area contributed by atoms with Gasteiger partial charge in [0.05, 0.1) is 4.90 Å². The van der Waals surface area contributed by atoms with E-state index in [1.165, 1.54) is 4.31 Å². The summed E-state index contributed by atoms with van der Waals surface area (Å²) in [4.78, 5) is 0.328. The number of benzene rings is 3. The van der Waals surface area contributed by atoms with E-state index in [4.69, 9.17) is 0 Å². The van der Waals surface area contributed by atoms with Gasteiger partial charge in [-0.25, -0.2) is 8.42 Å². The maximum atomic E-state index is 13.1. The van der Waals surface area contributed by atoms with Crippen molar-refractivity contribution in [2.24, 2.45) is 0 Å². The number of sulfonamides is 1. The molecular formula is C20H19NO2S. The molecule has 0 spiro atoms. The highest BCUT2D eigenvalue weighted by Crippen LogP contribution is 2.29. The van der Waals surface area contributed by atoms with Crippen LogP contribution >= 0.6 is 0 Å². The molecule has 0 aliphatic heterocycles. The van der Waals surface area contributed by atoms with E-state index in [2.05, 4.69) is 0 Å². The molecule has 0 aliphatic carbocycles. The van der Waals surface area contributed by atoms with Crippen molar-refractivity contribution in [1.29, 1.82) is 0 Å². The maximum Gasteiger partial charge on any atom is 0.243 e. The zero-order valence-electron chi connectivity index (χ0n) is 13.5. The van der Waals surface area contributed by atoms with Crippen LogP contribution in [0.3, 0.4) is 0 Å². The summed E-state index contributed by atoms with van der Waals surface area (Å²) in [5.41, 5.74) is 2.57. The summed E-state index contributed by atoms with van der Waals surface area (Å²) >= 11 is 0. The van der Waals surface area contributed by atoms with Crippen LogP contribution in [0, 0.1) is 0 Å². The minimum absolute atomic E-state index is 0.328. The van der Waals surface area contributed by atoms with Crippen molar-refractivity contribution in [1.82, 2.24) is 4.31 Å². The van der Waals surface area contributed by atoms with Gasteiger partial charge in [-0.15, -0.1) is 0 Å². The molecule has 0 heterocycles. The highest BCUT2D eigenvalue weighted by molar-refractivity contribution is 7.89. The molecule has 0 aliphatic rings. The second-order valence-electron chi connectivity index (χ2n) is 5.61. The van der Waals surface area contributed by atoms with Gasteiger partial charge in [-0.2, -0.15) is 4.31 Å². The molecule has 0 radical (unpaired) electrons. The van der Waals surface area contributed by atoms with Crippen LogP contribution in [0.5, 0.6) is 0 Å². The Kier molecular flexibility index (Phi) is 4.79. The second-order valence-corrected chi connectivity index (χ2v) is 7.62. The minimum Gasteiger partial charge on any atom is -0.207 e. The lowest BCUT2D eigenvalue weighted by atomic mass is 10.1. The lowest BCUT2D eigenvalue weighted by Gasteiger charge is -2.19. The van der Waals surface area contributed by atoms with E-state index in [-0.39, 0.29) is 0 Å². The van der Waals surface area contributed by atoms with Crippen LogP contribution in [0.15, 0.2) is 89.8 Å². The molecule has 0 amide bonds. The van der Waals surface area contributed by atoms with Gasteiger partial charge in [0.2, 0.25) is 10.0 Å². The lowest BCUT2D eigenvalue weighted by molar-refractivity contribution is 0.467. The highest BCUT2D eigenvalue weighted by Gasteiger charge is 2.24. The van der Waals surface area contributed by atoms with Gasteiger partial charge >= 0.3 is 0 Å². The molecule has 3 rings (SSSR count). The fourth-order valence-electron chi connectivity index (χ4n) is 2.64. The minimum atomic E-state index is -3.58. The van der Waals surface area contributed by atoms with E-state index in [1.807, 2.05) is 72.8 Å². The van der Waals surface area contributed by atoms with E-state index >= 15 is 0 Å². The first-order valence-corrected chi connectivity index (χ1v) is 9.18. The Morgan fingerprint density at radius 1 is 0.750 bits per heavy atom. The topological polar surface area (TPSA) is 37.4 Å². The number of rotatable bonds is 5. The molecule has 0 bridgehead atoms. The van der Waals surface area contributed by atoms with Gasteiger partial charge in [0.15, 0.2) is 0 Å². The molecule has 0 atom stereocenters. The molecule has 0 N–H and O–H groups in total. The third kappa shape index (κ3) is 3.40. The Bertz CT molecular complexity index is 907. The highest BCUT2D eigenvalue weighted by atomic mass is 32.2. The largest absolute Gasteiger partial charge is 0.243 e. The average Bonchev–Trinajstić information content (AvgIpc) is 2.63. The average molecular weight is 337 g/mol. The summed E-state index contributed by atoms with van der Waals surface area (Å²) in [6.45, 7) is 0.340. The fraction of sp³-hybridized carbons (Fsp3) is 0.100. The van der Waals surface area contributed by atoms with Gasteiger partial charge in [0.25, 0.3) is 0 Å². The van der Waals surface area contributed by atoms with Gasteiger partial charge in [-0.1, -0.05) is 78.9 Å². The van der Waals surface area contributed by atoms with Crippen LogP contribution in [-0.2, 0) is 16.6 Å². The SMILES string of the molecule is CN(Cc1ccccc1)S(=O)(=O)c1ccccc1-c1ccccc1. The van der Waals surface area contributed by atoms with Crippen LogP contribution in [0.2, 0.25) is 0 Å². The van der Waals surface area contributed by atoms with Crippen LogP contribution < -0.4 is 0 Å². The summed E-state index contributed by atoms with van der Waals surface area (Å²) in [7, 11) is -1.97. The predicted molar refractivity (Wildman–Crippen MR) is 97.0 cm³/mol. The molecule has 0 saturated carbocycles. The Morgan fingerprint density at radius 2 is 1.29 bits per heavy atom. The third-order valence-corrected chi connectivity index (χ3v) is 5.77. The van der Waals surface area contributed by atoms with E-state index in [1.54, 1.807) is 19.2 Å². The van der Waals surface area contributed by atoms with Gasteiger partial charge in [-0.3, -0.25) is 0 Å². The van der Waals surface area contributed by atoms with E-state index in [0.29, 0.717) is 11.4 Å². The standard InChI is InChI=1S/C20H19NO2S/c1-21(16-17-10-4-2-5-11-17)24(22,23)20-15-9-8-14-19(20)18-12-6-3-7-13-18/h2-15H,16H2,1H3. The van der Waals surface area contributed by atoms with Crippen LogP contribution in [-0.4, -0.2) is 19.8 Å². The van der Waals surface area contributed by atoms with Crippen molar-refractivity contribution >= 4 is 10.0 Å². The van der Waals surface area contributed by atoms with Gasteiger partial charge in [-0.05, 0) is 17.2 Å². The van der Waals surface area contributed by atoms with Crippen LogP contribution in [0.4, 0.5) is 0 Å². The number of hydrogen-bond acceptors (Lipinski definition) is 2. The smallest absolute Gasteiger partial charge is 0.207 e. The summed E-state index contributed by atoms with van der Waals surface area (Å²) < 4.78 is 27.5. The van der Waals surface area contributed by atoms with Gasteiger partial charge < -0.3 is 0 Å². The molecule has 0 fully saturated rings. The summed E-state index contributed by atoms with van der Waals surface area (Å²) in [6.07, 6.45) is 0. The summed E-state index contributed by atoms with van der Waals surface area (Å²) in [5, 5.41) is 0. The molecule has 0 unspecified atom stereocenters. The van der Waals surface area contributed by atoms with Crippen molar-refractivity contribution in [3.8, 4) is 11.1 Å². The summed E-state index contributed by atoms with van der Waals surface area (Å²) in [5.74, 6) is 0. The first-order chi connectivity index (χ1) is 11.6. The quantitative estimate of drug-likeness (QED) is 0.700. The van der Waals surface area contributed by atoms with E-state index in [0.717, 1.165) is 16.7 Å². The van der Waals surface area contributed by atoms with E-state index < -0.39 is 10.0 Å². The molecule has 0 saturated heterocycles. The van der Waals surface area contributed by atoms with E-state index in [9.17, 15) is 8.42 Å². The monoisotopic (exact) mass is 337 g/mol. The zero-order valence-corrected chi connectivity index (χ0v) is 14.3. The van der Waals surface area contributed by atoms with Crippen molar-refractivity contribution in [2.45, 2.75) is 11.4 Å². The molecule has 122 valence electrons. The summed E-state index contributed by atoms with van der Waals surface area (Å²) in [6, 6.07) is 26.3. The van der Waals surface area contributed by atoms with Crippen molar-refractivity contribution in [3.05, 3.63) is 90.5 Å². The molecular weight excluding hydrogens is 318 g/mol. The third-order valence-electron chi connectivity index (χ3n) is 3.91. The fourth-order valence-corrected chi connectivity index (χ4v) is 4.01. The molecule has 24 heavy (non-hydrogen) atoms. The van der Waals surface area contributed by atoms with Crippen LogP contribution in [0.1, 0.15) is 5.56 Å². The molecule has 0 aromatic heterocycles. The van der Waals surface area contributed by atoms with Crippen molar-refractivity contribution < 1.29 is 8.42 Å². The lowest BCUT2D eigenvalue weighted by Crippen LogP contribution is -2.27. The Balaban J connectivity index is 1.99. The Hall–Kier alpha value is -2.43. The zero-order chi connectivity index (χ0) is 17.0. The first kappa shape index (κ1) is 16.4. The van der Waals surface area contributed by atoms with Crippen molar-refractivity contribution in [3.63, 3.8) is 0 Å². The maximum absolute atomic E-state index is 13.1. The molecule has 3 nitrogen and oxygen atoms in total. The molecule has 3 aromatic carbocycles. The van der Waals surface area contributed by atoms with Crippen LogP contribution in [0.25, 0.3) is 11.1 Å². The number of nitrogens with zero attached hydrogens (tertiary/aromatic N) is 1. The number of hydrogen-bond donors (Lipinski definition) is 0. The van der Waals surface area contributed by atoms with Gasteiger partial charge in [0.1, 0.15) is 0 Å². The predicted octanol–water partition coefficient (Wildman–Crippen LogP) is 4.17.